The number of benzene rings is 2. The number of carbonyl (C=O) groups is 2. The van der Waals surface area contributed by atoms with E-state index >= 15 is 0 Å². The largest absolute Gasteiger partial charge is 0.495 e. The Morgan fingerprint density at radius 3 is 2.06 bits per heavy atom. The lowest BCUT2D eigenvalue weighted by atomic mass is 10.0. The predicted molar refractivity (Wildman–Crippen MR) is 125 cm³/mol. The van der Waals surface area contributed by atoms with Crippen molar-refractivity contribution in [1.82, 2.24) is 4.90 Å². The highest BCUT2D eigenvalue weighted by Crippen LogP contribution is 2.38. The second kappa shape index (κ2) is 11.5. The number of ether oxygens (including phenoxy) is 4. The third-order valence-corrected chi connectivity index (χ3v) is 5.29. The maximum absolute atomic E-state index is 13.7. The first-order valence-electron chi connectivity index (χ1n) is 10.8. The zero-order valence-corrected chi connectivity index (χ0v) is 19.5. The molecule has 1 aliphatic heterocycles. The van der Waals surface area contributed by atoms with Crippen molar-refractivity contribution in [2.75, 3.05) is 59.1 Å². The van der Waals surface area contributed by atoms with Crippen molar-refractivity contribution < 1.29 is 28.5 Å². The van der Waals surface area contributed by atoms with E-state index in [2.05, 4.69) is 0 Å². The molecule has 0 saturated carbocycles. The van der Waals surface area contributed by atoms with E-state index in [0.717, 1.165) is 0 Å². The predicted octanol–water partition coefficient (Wildman–Crippen LogP) is 2.97. The van der Waals surface area contributed by atoms with Crippen LogP contribution in [-0.2, 0) is 19.1 Å². The van der Waals surface area contributed by atoms with Gasteiger partial charge in [0.15, 0.2) is 0 Å². The summed E-state index contributed by atoms with van der Waals surface area (Å²) in [6.07, 6.45) is 0. The normalized spacial score (nSPS) is 13.6. The molecule has 0 aliphatic carbocycles. The molecule has 1 heterocycles. The Hall–Kier alpha value is -3.36. The highest BCUT2D eigenvalue weighted by molar-refractivity contribution is 6.45. The molecule has 0 atom stereocenters. The molecule has 3 rings (SSSR count). The Labute approximate surface area is 194 Å². The molecule has 1 aliphatic rings. The van der Waals surface area contributed by atoms with E-state index in [1.807, 2.05) is 11.8 Å². The van der Waals surface area contributed by atoms with E-state index in [-0.39, 0.29) is 0 Å². The van der Waals surface area contributed by atoms with E-state index in [0.29, 0.717) is 66.9 Å². The molecule has 8 heteroatoms. The maximum Gasteiger partial charge on any atom is 0.282 e. The van der Waals surface area contributed by atoms with Gasteiger partial charge in [0.2, 0.25) is 0 Å². The van der Waals surface area contributed by atoms with Gasteiger partial charge in [0.1, 0.15) is 17.2 Å². The molecular formula is C25H30N2O6. The molecule has 8 nitrogen and oxygen atoms in total. The number of rotatable bonds is 12. The number of anilines is 1. The highest BCUT2D eigenvalue weighted by atomic mass is 16.5. The van der Waals surface area contributed by atoms with Gasteiger partial charge in [-0.25, -0.2) is 4.90 Å². The fourth-order valence-corrected chi connectivity index (χ4v) is 3.73. The van der Waals surface area contributed by atoms with Crippen molar-refractivity contribution in [3.8, 4) is 11.5 Å². The smallest absolute Gasteiger partial charge is 0.282 e. The van der Waals surface area contributed by atoms with Crippen LogP contribution in [0.3, 0.4) is 0 Å². The van der Waals surface area contributed by atoms with Crippen LogP contribution in [0.15, 0.2) is 54.2 Å². The summed E-state index contributed by atoms with van der Waals surface area (Å²) in [4.78, 5) is 30.5. The van der Waals surface area contributed by atoms with Crippen molar-refractivity contribution in [3.05, 3.63) is 59.8 Å². The first kappa shape index (κ1) is 24.3. The molecule has 0 unspecified atom stereocenters. The van der Waals surface area contributed by atoms with Crippen LogP contribution >= 0.6 is 0 Å². The van der Waals surface area contributed by atoms with Gasteiger partial charge >= 0.3 is 0 Å². The van der Waals surface area contributed by atoms with E-state index < -0.39 is 11.8 Å². The van der Waals surface area contributed by atoms with Gasteiger partial charge in [0.05, 0.1) is 38.2 Å². The average molecular weight is 455 g/mol. The van der Waals surface area contributed by atoms with Gasteiger partial charge in [0.25, 0.3) is 11.8 Å². The van der Waals surface area contributed by atoms with Crippen LogP contribution in [-0.4, -0.2) is 71.0 Å². The summed E-state index contributed by atoms with van der Waals surface area (Å²) in [6.45, 7) is 4.07. The van der Waals surface area contributed by atoms with Gasteiger partial charge in [0, 0.05) is 27.3 Å². The summed E-state index contributed by atoms with van der Waals surface area (Å²) in [5.41, 5.74) is 1.65. The Balaban J connectivity index is 2.13. The second-order valence-electron chi connectivity index (χ2n) is 7.27. The maximum atomic E-state index is 13.7. The minimum absolute atomic E-state index is 0.309. The lowest BCUT2D eigenvalue weighted by molar-refractivity contribution is -0.120. The van der Waals surface area contributed by atoms with E-state index in [1.165, 1.54) is 12.0 Å². The quantitative estimate of drug-likeness (QED) is 0.456. The highest BCUT2D eigenvalue weighted by Gasteiger charge is 2.43. The fraction of sp³-hybridized carbons (Fsp3) is 0.360. The summed E-state index contributed by atoms with van der Waals surface area (Å²) >= 11 is 0. The molecule has 33 heavy (non-hydrogen) atoms. The molecule has 0 N–H and O–H groups in total. The van der Waals surface area contributed by atoms with E-state index in [9.17, 15) is 9.59 Å². The Kier molecular flexibility index (Phi) is 8.46. The summed E-state index contributed by atoms with van der Waals surface area (Å²) < 4.78 is 21.5. The standard InChI is InChI=1S/C25H30N2O6/c1-5-33-19-12-10-18(11-13-19)22-23(26(14-16-30-2)15-17-31-3)25(29)27(24(22)28)20-8-6-7-9-21(20)32-4/h6-13H,5,14-17H2,1-4H3. The lowest BCUT2D eigenvalue weighted by Crippen LogP contribution is -2.37. The monoisotopic (exact) mass is 454 g/mol. The first-order chi connectivity index (χ1) is 16.1. The van der Waals surface area contributed by atoms with Crippen LogP contribution in [0, 0.1) is 0 Å². The number of hydrogen-bond acceptors (Lipinski definition) is 7. The molecular weight excluding hydrogens is 424 g/mol. The molecule has 176 valence electrons. The number of amides is 2. The van der Waals surface area contributed by atoms with Gasteiger partial charge in [-0.3, -0.25) is 9.59 Å². The summed E-state index contributed by atoms with van der Waals surface area (Å²) in [5, 5.41) is 0. The fourth-order valence-electron chi connectivity index (χ4n) is 3.73. The van der Waals surface area contributed by atoms with E-state index in [4.69, 9.17) is 18.9 Å². The Morgan fingerprint density at radius 1 is 0.848 bits per heavy atom. The van der Waals surface area contributed by atoms with Gasteiger partial charge < -0.3 is 23.8 Å². The first-order valence-corrected chi connectivity index (χ1v) is 10.8. The van der Waals surface area contributed by atoms with Crippen molar-refractivity contribution in [2.24, 2.45) is 0 Å². The zero-order chi connectivity index (χ0) is 23.8. The molecule has 0 bridgehead atoms. The van der Waals surface area contributed by atoms with Crippen molar-refractivity contribution in [2.45, 2.75) is 6.92 Å². The van der Waals surface area contributed by atoms with Gasteiger partial charge in [-0.1, -0.05) is 24.3 Å². The average Bonchev–Trinajstić information content (AvgIpc) is 3.09. The molecule has 0 spiro atoms. The van der Waals surface area contributed by atoms with Crippen LogP contribution in [0.5, 0.6) is 11.5 Å². The summed E-state index contributed by atoms with van der Waals surface area (Å²) in [7, 11) is 4.70. The molecule has 0 radical (unpaired) electrons. The SMILES string of the molecule is CCOc1ccc(C2=C(N(CCOC)CCOC)C(=O)N(c3ccccc3OC)C2=O)cc1. The molecule has 0 saturated heterocycles. The number of methoxy groups -OCH3 is 3. The third-order valence-electron chi connectivity index (χ3n) is 5.29. The molecule has 2 aromatic carbocycles. The minimum Gasteiger partial charge on any atom is -0.495 e. The van der Waals surface area contributed by atoms with Crippen molar-refractivity contribution >= 4 is 23.1 Å². The van der Waals surface area contributed by atoms with Gasteiger partial charge in [-0.15, -0.1) is 0 Å². The van der Waals surface area contributed by atoms with Crippen molar-refractivity contribution in [1.29, 1.82) is 0 Å². The second-order valence-corrected chi connectivity index (χ2v) is 7.27. The molecule has 2 aromatic rings. The van der Waals surface area contributed by atoms with Crippen LogP contribution in [0.1, 0.15) is 12.5 Å². The number of nitrogens with zero attached hydrogens (tertiary/aromatic N) is 2. The topological polar surface area (TPSA) is 77.5 Å². The minimum atomic E-state index is -0.416. The van der Waals surface area contributed by atoms with E-state index in [1.54, 1.807) is 62.8 Å². The molecule has 0 aromatic heterocycles. The van der Waals surface area contributed by atoms with Crippen LogP contribution in [0.2, 0.25) is 0 Å². The molecule has 0 fully saturated rings. The zero-order valence-electron chi connectivity index (χ0n) is 19.5. The van der Waals surface area contributed by atoms with Crippen LogP contribution in [0.4, 0.5) is 5.69 Å². The summed E-state index contributed by atoms with van der Waals surface area (Å²) in [5.74, 6) is 0.299. The number of hydrogen-bond donors (Lipinski definition) is 0. The van der Waals surface area contributed by atoms with Crippen LogP contribution < -0.4 is 14.4 Å². The lowest BCUT2D eigenvalue weighted by Gasteiger charge is -2.26. The number of carbonyl (C=O) groups excluding carboxylic acids is 2. The van der Waals surface area contributed by atoms with Gasteiger partial charge in [-0.05, 0) is 36.8 Å². The van der Waals surface area contributed by atoms with Crippen molar-refractivity contribution in [3.63, 3.8) is 0 Å². The Bertz CT molecular complexity index is 994. The third kappa shape index (κ3) is 5.18. The number of imide groups is 1. The Morgan fingerprint density at radius 2 is 1.48 bits per heavy atom. The van der Waals surface area contributed by atoms with Gasteiger partial charge in [-0.2, -0.15) is 0 Å². The molecule has 2 amide bonds. The summed E-state index contributed by atoms with van der Waals surface area (Å²) in [6, 6.07) is 14.1. The van der Waals surface area contributed by atoms with Crippen LogP contribution in [0.25, 0.3) is 5.57 Å². The number of para-hydroxylation sites is 2.